The normalized spacial score (nSPS) is 24.0. The van der Waals surface area contributed by atoms with Crippen molar-refractivity contribution in [2.75, 3.05) is 38.2 Å². The fourth-order valence-electron chi connectivity index (χ4n) is 3.60. The highest BCUT2D eigenvalue weighted by Crippen LogP contribution is 2.36. The maximum atomic E-state index is 12.8. The second-order valence-corrected chi connectivity index (χ2v) is 9.15. The number of benzene rings is 1. The van der Waals surface area contributed by atoms with Crippen molar-refractivity contribution in [3.8, 4) is 0 Å². The van der Waals surface area contributed by atoms with Crippen LogP contribution in [0.5, 0.6) is 0 Å². The number of hydrogen-bond donors (Lipinski definition) is 0. The summed E-state index contributed by atoms with van der Waals surface area (Å²) < 4.78 is 36.5. The van der Waals surface area contributed by atoms with Gasteiger partial charge in [-0.3, -0.25) is 0 Å². The summed E-state index contributed by atoms with van der Waals surface area (Å²) in [4.78, 5) is 7.10. The molecule has 134 valence electrons. The van der Waals surface area contributed by atoms with Gasteiger partial charge in [-0.1, -0.05) is 18.2 Å². The molecule has 25 heavy (non-hydrogen) atoms. The maximum absolute atomic E-state index is 12.8. The molecule has 2 unspecified atom stereocenters. The van der Waals surface area contributed by atoms with E-state index < -0.39 is 10.0 Å². The van der Waals surface area contributed by atoms with Crippen LogP contribution in [0.2, 0.25) is 0 Å². The lowest BCUT2D eigenvalue weighted by molar-refractivity contribution is 0.179. The first-order chi connectivity index (χ1) is 12.1. The Bertz CT molecular complexity index is 826. The smallest absolute Gasteiger partial charge is 0.243 e. The zero-order chi connectivity index (χ0) is 17.4. The fraction of sp³-hybridized carbons (Fsp3) is 0.500. The van der Waals surface area contributed by atoms with Crippen molar-refractivity contribution in [2.24, 2.45) is 11.8 Å². The SMILES string of the molecule is COCc1nsc(N2CC3CN(S(=O)(=O)c4ccccc4)CC3C2)n1. The van der Waals surface area contributed by atoms with E-state index in [9.17, 15) is 8.42 Å². The molecule has 2 aliphatic rings. The number of rotatable bonds is 5. The van der Waals surface area contributed by atoms with Crippen LogP contribution in [0.3, 0.4) is 0 Å². The molecule has 0 amide bonds. The minimum Gasteiger partial charge on any atom is -0.377 e. The van der Waals surface area contributed by atoms with E-state index in [1.165, 1.54) is 11.5 Å². The second-order valence-electron chi connectivity index (χ2n) is 6.49. The van der Waals surface area contributed by atoms with Crippen LogP contribution in [-0.2, 0) is 21.4 Å². The molecule has 2 saturated heterocycles. The third kappa shape index (κ3) is 3.17. The quantitative estimate of drug-likeness (QED) is 0.781. The van der Waals surface area contributed by atoms with E-state index in [0.29, 0.717) is 42.3 Å². The van der Waals surface area contributed by atoms with Gasteiger partial charge in [0.15, 0.2) is 5.82 Å². The second kappa shape index (κ2) is 6.64. The van der Waals surface area contributed by atoms with E-state index >= 15 is 0 Å². The zero-order valence-electron chi connectivity index (χ0n) is 13.9. The molecule has 9 heteroatoms. The van der Waals surface area contributed by atoms with Crippen molar-refractivity contribution >= 4 is 26.7 Å². The van der Waals surface area contributed by atoms with Gasteiger partial charge in [0.1, 0.15) is 6.61 Å². The number of sulfonamides is 1. The Kier molecular flexibility index (Phi) is 4.48. The summed E-state index contributed by atoms with van der Waals surface area (Å²) >= 11 is 1.38. The number of nitrogens with zero attached hydrogens (tertiary/aromatic N) is 4. The van der Waals surface area contributed by atoms with E-state index in [1.54, 1.807) is 35.7 Å². The molecule has 0 radical (unpaired) electrons. The summed E-state index contributed by atoms with van der Waals surface area (Å²) in [6.07, 6.45) is 0. The van der Waals surface area contributed by atoms with Crippen molar-refractivity contribution < 1.29 is 13.2 Å². The number of hydrogen-bond acceptors (Lipinski definition) is 7. The Morgan fingerprint density at radius 1 is 1.16 bits per heavy atom. The molecule has 0 N–H and O–H groups in total. The first-order valence-electron chi connectivity index (χ1n) is 8.19. The average Bonchev–Trinajstić information content (AvgIpc) is 3.29. The number of aromatic nitrogens is 2. The molecule has 0 spiro atoms. The van der Waals surface area contributed by atoms with Gasteiger partial charge in [-0.15, -0.1) is 0 Å². The van der Waals surface area contributed by atoms with Gasteiger partial charge in [-0.25, -0.2) is 13.4 Å². The van der Waals surface area contributed by atoms with Crippen molar-refractivity contribution in [3.05, 3.63) is 36.2 Å². The van der Waals surface area contributed by atoms with Crippen LogP contribution in [0.1, 0.15) is 5.82 Å². The van der Waals surface area contributed by atoms with Crippen LogP contribution >= 0.6 is 11.5 Å². The van der Waals surface area contributed by atoms with E-state index in [2.05, 4.69) is 14.3 Å². The Balaban J connectivity index is 1.44. The van der Waals surface area contributed by atoms with Crippen LogP contribution < -0.4 is 4.90 Å². The number of fused-ring (bicyclic) bond motifs is 1. The maximum Gasteiger partial charge on any atom is 0.243 e. The molecule has 2 atom stereocenters. The molecular formula is C16H20N4O3S2. The van der Waals surface area contributed by atoms with Gasteiger partial charge >= 0.3 is 0 Å². The molecular weight excluding hydrogens is 360 g/mol. The van der Waals surface area contributed by atoms with E-state index in [-0.39, 0.29) is 0 Å². The largest absolute Gasteiger partial charge is 0.377 e. The Morgan fingerprint density at radius 3 is 2.48 bits per heavy atom. The minimum atomic E-state index is -3.39. The highest BCUT2D eigenvalue weighted by Gasteiger charge is 2.44. The summed E-state index contributed by atoms with van der Waals surface area (Å²) in [5, 5.41) is 0.902. The molecule has 0 saturated carbocycles. The monoisotopic (exact) mass is 380 g/mol. The third-order valence-electron chi connectivity index (χ3n) is 4.84. The van der Waals surface area contributed by atoms with Gasteiger partial charge in [0.2, 0.25) is 15.2 Å². The van der Waals surface area contributed by atoms with Gasteiger partial charge < -0.3 is 9.64 Å². The number of ether oxygens (including phenoxy) is 1. The Hall–Kier alpha value is -1.55. The molecule has 0 bridgehead atoms. The van der Waals surface area contributed by atoms with Crippen LogP contribution in [0, 0.1) is 11.8 Å². The molecule has 1 aromatic carbocycles. The van der Waals surface area contributed by atoms with Crippen LogP contribution in [0.4, 0.5) is 5.13 Å². The lowest BCUT2D eigenvalue weighted by Gasteiger charge is -2.20. The fourth-order valence-corrected chi connectivity index (χ4v) is 5.87. The van der Waals surface area contributed by atoms with Gasteiger partial charge in [0.25, 0.3) is 0 Å². The number of anilines is 1. The van der Waals surface area contributed by atoms with Crippen molar-refractivity contribution in [1.29, 1.82) is 0 Å². The topological polar surface area (TPSA) is 75.6 Å². The molecule has 1 aromatic heterocycles. The summed E-state index contributed by atoms with van der Waals surface area (Å²) in [7, 11) is -1.77. The molecule has 7 nitrogen and oxygen atoms in total. The Morgan fingerprint density at radius 2 is 1.84 bits per heavy atom. The predicted octanol–water partition coefficient (Wildman–Crippen LogP) is 1.44. The van der Waals surface area contributed by atoms with E-state index in [1.807, 2.05) is 6.07 Å². The van der Waals surface area contributed by atoms with Crippen LogP contribution in [0.25, 0.3) is 0 Å². The molecule has 4 rings (SSSR count). The highest BCUT2D eigenvalue weighted by molar-refractivity contribution is 7.89. The van der Waals surface area contributed by atoms with E-state index in [0.717, 1.165) is 18.2 Å². The van der Waals surface area contributed by atoms with Crippen molar-refractivity contribution in [2.45, 2.75) is 11.5 Å². The first kappa shape index (κ1) is 16.9. The molecule has 2 fully saturated rings. The standard InChI is InChI=1S/C16H20N4O3S2/c1-23-11-15-17-16(24-18-15)19-7-12-9-20(10-13(12)8-19)25(21,22)14-5-3-2-4-6-14/h2-6,12-13H,7-11H2,1H3. The zero-order valence-corrected chi connectivity index (χ0v) is 15.5. The average molecular weight is 380 g/mol. The number of methoxy groups -OCH3 is 1. The summed E-state index contributed by atoms with van der Waals surface area (Å²) in [6.45, 7) is 3.21. The van der Waals surface area contributed by atoms with E-state index in [4.69, 9.17) is 4.74 Å². The molecule has 2 aliphatic heterocycles. The van der Waals surface area contributed by atoms with Crippen molar-refractivity contribution in [1.82, 2.24) is 13.7 Å². The predicted molar refractivity (Wildman–Crippen MR) is 95.0 cm³/mol. The summed E-state index contributed by atoms with van der Waals surface area (Å²) in [5.74, 6) is 1.38. The van der Waals surface area contributed by atoms with Crippen LogP contribution in [0.15, 0.2) is 35.2 Å². The molecule has 3 heterocycles. The molecule has 2 aromatic rings. The third-order valence-corrected chi connectivity index (χ3v) is 7.50. The Labute approximate surface area is 151 Å². The highest BCUT2D eigenvalue weighted by atomic mass is 32.2. The van der Waals surface area contributed by atoms with Crippen LogP contribution in [-0.4, -0.2) is 55.4 Å². The van der Waals surface area contributed by atoms with Gasteiger partial charge in [-0.2, -0.15) is 8.68 Å². The van der Waals surface area contributed by atoms with Gasteiger partial charge in [0, 0.05) is 44.8 Å². The first-order valence-corrected chi connectivity index (χ1v) is 10.4. The van der Waals surface area contributed by atoms with Gasteiger partial charge in [0.05, 0.1) is 4.90 Å². The summed E-state index contributed by atoms with van der Waals surface area (Å²) in [5.41, 5.74) is 0. The lowest BCUT2D eigenvalue weighted by Crippen LogP contribution is -2.33. The lowest BCUT2D eigenvalue weighted by atomic mass is 10.0. The van der Waals surface area contributed by atoms with Crippen molar-refractivity contribution in [3.63, 3.8) is 0 Å². The summed E-state index contributed by atoms with van der Waals surface area (Å²) in [6, 6.07) is 8.68. The minimum absolute atomic E-state index is 0.341. The molecule has 0 aliphatic carbocycles. The van der Waals surface area contributed by atoms with Gasteiger partial charge in [-0.05, 0) is 24.0 Å².